The van der Waals surface area contributed by atoms with Gasteiger partial charge in [0.2, 0.25) is 17.6 Å². The molecule has 1 amide bonds. The van der Waals surface area contributed by atoms with E-state index >= 15 is 0 Å². The Labute approximate surface area is 171 Å². The van der Waals surface area contributed by atoms with Crippen molar-refractivity contribution in [2.45, 2.75) is 0 Å². The number of benzene rings is 3. The lowest BCUT2D eigenvalue weighted by molar-refractivity contribution is -0.111. The highest BCUT2D eigenvalue weighted by molar-refractivity contribution is 6.02. The molecule has 0 atom stereocenters. The zero-order valence-electron chi connectivity index (χ0n) is 15.4. The molecule has 0 fully saturated rings. The first-order chi connectivity index (χ1) is 14.8. The van der Waals surface area contributed by atoms with Crippen molar-refractivity contribution in [1.82, 2.24) is 4.98 Å². The molecule has 9 heteroatoms. The van der Waals surface area contributed by atoms with Crippen LogP contribution in [0.1, 0.15) is 5.56 Å². The van der Waals surface area contributed by atoms with Crippen LogP contribution in [0.15, 0.2) is 59.0 Å². The number of hydrogen-bond acceptors (Lipinski definition) is 3. The van der Waals surface area contributed by atoms with Crippen LogP contribution in [0.25, 0.3) is 28.6 Å². The van der Waals surface area contributed by atoms with Crippen molar-refractivity contribution in [3.8, 4) is 11.5 Å². The number of carbonyl (C=O) groups excluding carboxylic acids is 1. The van der Waals surface area contributed by atoms with E-state index in [-0.39, 0.29) is 16.8 Å². The summed E-state index contributed by atoms with van der Waals surface area (Å²) < 4.78 is 73.3. The number of nitrogens with one attached hydrogen (secondary N) is 1. The molecule has 0 unspecified atom stereocenters. The molecule has 0 aliphatic heterocycles. The van der Waals surface area contributed by atoms with Gasteiger partial charge in [0, 0.05) is 11.8 Å². The fraction of sp³-hybridized carbons (Fsp3) is 0. The quantitative estimate of drug-likeness (QED) is 0.192. The maximum Gasteiger partial charge on any atom is 0.248 e. The summed E-state index contributed by atoms with van der Waals surface area (Å²) >= 11 is 0. The zero-order valence-corrected chi connectivity index (χ0v) is 15.4. The van der Waals surface area contributed by atoms with E-state index in [1.165, 1.54) is 24.3 Å². The van der Waals surface area contributed by atoms with E-state index in [1.807, 2.05) is 30.3 Å². The monoisotopic (exact) mass is 430 g/mol. The van der Waals surface area contributed by atoms with Gasteiger partial charge in [0.1, 0.15) is 11.1 Å². The summed E-state index contributed by atoms with van der Waals surface area (Å²) in [6.07, 6.45) is 2.91. The molecule has 0 saturated carbocycles. The van der Waals surface area contributed by atoms with Crippen molar-refractivity contribution >= 4 is 28.8 Å². The van der Waals surface area contributed by atoms with Crippen LogP contribution in [-0.2, 0) is 4.79 Å². The minimum atomic E-state index is -2.27. The third-order valence-corrected chi connectivity index (χ3v) is 4.31. The minimum Gasteiger partial charge on any atom is -0.436 e. The van der Waals surface area contributed by atoms with Gasteiger partial charge < -0.3 is 9.73 Å². The minimum absolute atomic E-state index is 0.0248. The highest BCUT2D eigenvalue weighted by Crippen LogP contribution is 2.33. The van der Waals surface area contributed by atoms with Gasteiger partial charge in [-0.05, 0) is 29.8 Å². The van der Waals surface area contributed by atoms with Crippen molar-refractivity contribution in [3.63, 3.8) is 0 Å². The summed E-state index contributed by atoms with van der Waals surface area (Å²) in [4.78, 5) is 15.9. The van der Waals surface area contributed by atoms with Crippen LogP contribution >= 0.6 is 0 Å². The van der Waals surface area contributed by atoms with Gasteiger partial charge in [0.25, 0.3) is 0 Å². The molecule has 3 aromatic carbocycles. The molecule has 4 aromatic rings. The Kier molecular flexibility index (Phi) is 5.24. The number of carbonyl (C=O) groups is 1. The van der Waals surface area contributed by atoms with Gasteiger partial charge >= 0.3 is 0 Å². The van der Waals surface area contributed by atoms with E-state index < -0.39 is 46.4 Å². The van der Waals surface area contributed by atoms with E-state index in [0.717, 1.165) is 5.56 Å². The van der Waals surface area contributed by atoms with Crippen LogP contribution in [0, 0.1) is 29.1 Å². The smallest absolute Gasteiger partial charge is 0.248 e. The number of aromatic nitrogens is 1. The van der Waals surface area contributed by atoms with Crippen molar-refractivity contribution < 1.29 is 31.2 Å². The molecule has 4 nitrogen and oxygen atoms in total. The fourth-order valence-electron chi connectivity index (χ4n) is 2.82. The topological polar surface area (TPSA) is 55.1 Å². The Hall–Kier alpha value is -4.01. The summed E-state index contributed by atoms with van der Waals surface area (Å²) in [5.41, 5.74) is -0.103. The first kappa shape index (κ1) is 20.3. The number of amides is 1. The normalized spacial score (nSPS) is 11.4. The second kappa shape index (κ2) is 8.02. The van der Waals surface area contributed by atoms with Gasteiger partial charge in [-0.3, -0.25) is 4.79 Å². The Bertz CT molecular complexity index is 1300. The standard InChI is InChI=1S/C22H11F5N2O2/c23-17-16(18(24)20(26)21(27)19(17)25)22-29-13-10-12(7-8-14(13)31-22)28-15(30)9-6-11-4-2-1-3-5-11/h1-10H,(H,28,30). The Morgan fingerprint density at radius 2 is 1.52 bits per heavy atom. The Balaban J connectivity index is 1.63. The molecular weight excluding hydrogens is 419 g/mol. The van der Waals surface area contributed by atoms with Crippen LogP contribution in [0.2, 0.25) is 0 Å². The van der Waals surface area contributed by atoms with E-state index in [2.05, 4.69) is 10.3 Å². The number of hydrogen-bond donors (Lipinski definition) is 1. The predicted octanol–water partition coefficient (Wildman–Crippen LogP) is 5.84. The molecule has 1 N–H and O–H groups in total. The van der Waals surface area contributed by atoms with Crippen LogP contribution in [0.4, 0.5) is 27.6 Å². The molecule has 0 radical (unpaired) electrons. The first-order valence-corrected chi connectivity index (χ1v) is 8.81. The van der Waals surface area contributed by atoms with Gasteiger partial charge in [-0.1, -0.05) is 30.3 Å². The predicted molar refractivity (Wildman–Crippen MR) is 103 cm³/mol. The lowest BCUT2D eigenvalue weighted by atomic mass is 10.1. The maximum absolute atomic E-state index is 14.0. The second-order valence-electron chi connectivity index (χ2n) is 6.38. The van der Waals surface area contributed by atoms with E-state index in [4.69, 9.17) is 4.42 Å². The van der Waals surface area contributed by atoms with E-state index in [1.54, 1.807) is 6.08 Å². The van der Waals surface area contributed by atoms with Gasteiger partial charge in [-0.15, -0.1) is 0 Å². The second-order valence-corrected chi connectivity index (χ2v) is 6.38. The number of halogens is 5. The third-order valence-electron chi connectivity index (χ3n) is 4.31. The zero-order chi connectivity index (χ0) is 22.1. The molecule has 31 heavy (non-hydrogen) atoms. The third kappa shape index (κ3) is 3.89. The number of rotatable bonds is 4. The van der Waals surface area contributed by atoms with Crippen LogP contribution in [0.3, 0.4) is 0 Å². The molecular formula is C22H11F5N2O2. The van der Waals surface area contributed by atoms with Gasteiger partial charge in [-0.2, -0.15) is 0 Å². The van der Waals surface area contributed by atoms with Gasteiger partial charge in [-0.25, -0.2) is 26.9 Å². The molecule has 0 spiro atoms. The fourth-order valence-corrected chi connectivity index (χ4v) is 2.82. The maximum atomic E-state index is 14.0. The number of nitrogens with zero attached hydrogens (tertiary/aromatic N) is 1. The lowest BCUT2D eigenvalue weighted by Crippen LogP contribution is -2.07. The highest BCUT2D eigenvalue weighted by atomic mass is 19.2. The van der Waals surface area contributed by atoms with Gasteiger partial charge in [0.15, 0.2) is 28.9 Å². The molecule has 156 valence electrons. The number of oxazole rings is 1. The average Bonchev–Trinajstić information content (AvgIpc) is 3.18. The van der Waals surface area contributed by atoms with Crippen LogP contribution < -0.4 is 5.32 Å². The van der Waals surface area contributed by atoms with Crippen molar-refractivity contribution in [3.05, 3.63) is 89.3 Å². The van der Waals surface area contributed by atoms with Crippen LogP contribution in [0.5, 0.6) is 0 Å². The summed E-state index contributed by atoms with van der Waals surface area (Å²) in [6.45, 7) is 0. The van der Waals surface area contributed by atoms with E-state index in [0.29, 0.717) is 0 Å². The van der Waals surface area contributed by atoms with E-state index in [9.17, 15) is 26.7 Å². The molecule has 1 aromatic heterocycles. The van der Waals surface area contributed by atoms with Gasteiger partial charge in [0.05, 0.1) is 0 Å². The molecule has 0 aliphatic carbocycles. The molecule has 4 rings (SSSR count). The van der Waals surface area contributed by atoms with Crippen molar-refractivity contribution in [2.24, 2.45) is 0 Å². The summed E-state index contributed by atoms with van der Waals surface area (Å²) in [6, 6.07) is 13.2. The molecule has 1 heterocycles. The molecule has 0 saturated heterocycles. The average molecular weight is 430 g/mol. The Morgan fingerprint density at radius 3 is 2.19 bits per heavy atom. The highest BCUT2D eigenvalue weighted by Gasteiger charge is 2.29. The summed E-state index contributed by atoms with van der Waals surface area (Å²) in [5.74, 6) is -11.8. The van der Waals surface area contributed by atoms with Crippen LogP contribution in [-0.4, -0.2) is 10.9 Å². The van der Waals surface area contributed by atoms with Crippen molar-refractivity contribution in [1.29, 1.82) is 0 Å². The molecule has 0 bridgehead atoms. The van der Waals surface area contributed by atoms with Crippen molar-refractivity contribution in [2.75, 3.05) is 5.32 Å². The largest absolute Gasteiger partial charge is 0.436 e. The first-order valence-electron chi connectivity index (χ1n) is 8.81. The molecule has 0 aliphatic rings. The number of fused-ring (bicyclic) bond motifs is 1. The Morgan fingerprint density at radius 1 is 0.871 bits per heavy atom. The summed E-state index contributed by atoms with van der Waals surface area (Å²) in [7, 11) is 0. The number of anilines is 1. The lowest BCUT2D eigenvalue weighted by Gasteiger charge is -2.04. The SMILES string of the molecule is O=C(C=Cc1ccccc1)Nc1ccc2oc(-c3c(F)c(F)c(F)c(F)c3F)nc2c1. The summed E-state index contributed by atoms with van der Waals surface area (Å²) in [5, 5.41) is 2.58.